The molecule has 0 bridgehead atoms. The lowest BCUT2D eigenvalue weighted by Gasteiger charge is -2.20. The Morgan fingerprint density at radius 3 is 2.36 bits per heavy atom. The highest BCUT2D eigenvalue weighted by molar-refractivity contribution is 5.85. The Morgan fingerprint density at radius 1 is 1.36 bits per heavy atom. The van der Waals surface area contributed by atoms with Gasteiger partial charge in [-0.25, -0.2) is 9.59 Å². The van der Waals surface area contributed by atoms with E-state index in [1.807, 2.05) is 13.8 Å². The van der Waals surface area contributed by atoms with Gasteiger partial charge < -0.3 is 25.7 Å². The number of amides is 1. The Morgan fingerprint density at radius 2 is 1.91 bits per heavy atom. The van der Waals surface area contributed by atoms with Crippen LogP contribution < -0.4 is 11.1 Å². The number of amidine groups is 1. The number of ether oxygens (including phenoxy) is 1. The molecule has 1 rings (SSSR count). The molecule has 0 aliphatic heterocycles. The molecule has 128 valence electrons. The van der Waals surface area contributed by atoms with E-state index in [2.05, 4.69) is 15.3 Å². The highest BCUT2D eigenvalue weighted by Crippen LogP contribution is 2.28. The van der Waals surface area contributed by atoms with Gasteiger partial charge in [0, 0.05) is 5.92 Å². The van der Waals surface area contributed by atoms with Crippen LogP contribution in [0, 0.1) is 5.92 Å². The van der Waals surface area contributed by atoms with Crippen LogP contribution in [-0.2, 0) is 14.4 Å². The van der Waals surface area contributed by atoms with Gasteiger partial charge in [0.25, 0.3) is 0 Å². The van der Waals surface area contributed by atoms with Crippen molar-refractivity contribution in [1.82, 2.24) is 5.32 Å². The summed E-state index contributed by atoms with van der Waals surface area (Å²) in [6.45, 7) is 8.78. The molecule has 0 radical (unpaired) electrons. The first-order chi connectivity index (χ1) is 10.2. The number of nitrogens with one attached hydrogen (secondary N) is 1. The fourth-order valence-electron chi connectivity index (χ4n) is 1.19. The topological polar surface area (TPSA) is 123 Å². The molecular formula is C14H27N3O5. The molecule has 0 aromatic rings. The average molecular weight is 317 g/mol. The standard InChI is InChI=1S/C12H21N3O5.C2H6/c1-12(2,3)19-11(18)14-6-8(16)10(17)20-15-9(13)7-4-5-7;1-2/h7-8,16H,4-6H2,1-3H3,(H2,13,15)(H,14,18);1-2H3. The molecule has 0 aromatic carbocycles. The van der Waals surface area contributed by atoms with Gasteiger partial charge in [0.15, 0.2) is 6.10 Å². The van der Waals surface area contributed by atoms with Crippen LogP contribution in [0.2, 0.25) is 0 Å². The van der Waals surface area contributed by atoms with Crippen molar-refractivity contribution in [3.63, 3.8) is 0 Å². The lowest BCUT2D eigenvalue weighted by Crippen LogP contribution is -2.40. The summed E-state index contributed by atoms with van der Waals surface area (Å²) >= 11 is 0. The van der Waals surface area contributed by atoms with Gasteiger partial charge in [-0.15, -0.1) is 0 Å². The lowest BCUT2D eigenvalue weighted by atomic mass is 10.2. The minimum absolute atomic E-state index is 0.167. The first kappa shape index (κ1) is 20.2. The van der Waals surface area contributed by atoms with Crippen molar-refractivity contribution in [2.75, 3.05) is 6.54 Å². The summed E-state index contributed by atoms with van der Waals surface area (Å²) in [6.07, 6.45) is -0.408. The predicted molar refractivity (Wildman–Crippen MR) is 82.0 cm³/mol. The summed E-state index contributed by atoms with van der Waals surface area (Å²) in [4.78, 5) is 27.1. The summed E-state index contributed by atoms with van der Waals surface area (Å²) < 4.78 is 4.94. The summed E-state index contributed by atoms with van der Waals surface area (Å²) in [6, 6.07) is 0. The molecular weight excluding hydrogens is 290 g/mol. The zero-order chi connectivity index (χ0) is 17.3. The maximum atomic E-state index is 11.4. The van der Waals surface area contributed by atoms with Crippen molar-refractivity contribution >= 4 is 17.9 Å². The van der Waals surface area contributed by atoms with Crippen molar-refractivity contribution in [3.05, 3.63) is 0 Å². The molecule has 1 amide bonds. The van der Waals surface area contributed by atoms with Crippen molar-refractivity contribution in [1.29, 1.82) is 0 Å². The van der Waals surface area contributed by atoms with E-state index in [-0.39, 0.29) is 18.3 Å². The van der Waals surface area contributed by atoms with Gasteiger partial charge >= 0.3 is 12.1 Å². The van der Waals surface area contributed by atoms with E-state index in [4.69, 9.17) is 10.5 Å². The molecule has 1 aliphatic carbocycles. The fourth-order valence-corrected chi connectivity index (χ4v) is 1.19. The highest BCUT2D eigenvalue weighted by Gasteiger charge is 2.27. The number of aliphatic hydroxyl groups is 1. The van der Waals surface area contributed by atoms with E-state index < -0.39 is 23.8 Å². The molecule has 1 atom stereocenters. The molecule has 22 heavy (non-hydrogen) atoms. The molecule has 4 N–H and O–H groups in total. The summed E-state index contributed by atoms with van der Waals surface area (Å²) in [5.74, 6) is -0.574. The van der Waals surface area contributed by atoms with Crippen LogP contribution in [0.1, 0.15) is 47.5 Å². The van der Waals surface area contributed by atoms with Crippen LogP contribution >= 0.6 is 0 Å². The van der Waals surface area contributed by atoms with Gasteiger partial charge in [-0.2, -0.15) is 0 Å². The van der Waals surface area contributed by atoms with Crippen LogP contribution in [-0.4, -0.2) is 41.3 Å². The van der Waals surface area contributed by atoms with E-state index in [1.165, 1.54) is 0 Å². The number of rotatable bonds is 5. The number of aliphatic hydroxyl groups excluding tert-OH is 1. The van der Waals surface area contributed by atoms with Gasteiger partial charge in [-0.1, -0.05) is 19.0 Å². The minimum atomic E-state index is -1.53. The van der Waals surface area contributed by atoms with E-state index in [0.29, 0.717) is 0 Å². The monoisotopic (exact) mass is 317 g/mol. The molecule has 1 saturated carbocycles. The van der Waals surface area contributed by atoms with E-state index in [1.54, 1.807) is 20.8 Å². The molecule has 1 fully saturated rings. The number of carbonyl (C=O) groups excluding carboxylic acids is 2. The van der Waals surface area contributed by atoms with Crippen LogP contribution in [0.4, 0.5) is 4.79 Å². The normalized spacial score (nSPS) is 16.0. The Kier molecular flexibility index (Phi) is 8.47. The van der Waals surface area contributed by atoms with Gasteiger partial charge in [-0.3, -0.25) is 0 Å². The summed E-state index contributed by atoms with van der Waals surface area (Å²) in [7, 11) is 0. The molecule has 8 nitrogen and oxygen atoms in total. The molecule has 8 heteroatoms. The van der Waals surface area contributed by atoms with Crippen molar-refractivity contribution in [2.45, 2.75) is 59.2 Å². The third kappa shape index (κ3) is 9.17. The molecule has 1 unspecified atom stereocenters. The number of hydrogen-bond donors (Lipinski definition) is 3. The van der Waals surface area contributed by atoms with Crippen LogP contribution in [0.3, 0.4) is 0 Å². The number of carbonyl (C=O) groups is 2. The van der Waals surface area contributed by atoms with Gasteiger partial charge in [-0.05, 0) is 33.6 Å². The zero-order valence-corrected chi connectivity index (χ0v) is 13.9. The molecule has 0 heterocycles. The van der Waals surface area contributed by atoms with Crippen LogP contribution in [0.15, 0.2) is 5.16 Å². The van der Waals surface area contributed by atoms with E-state index >= 15 is 0 Å². The number of nitrogens with zero attached hydrogens (tertiary/aromatic N) is 1. The smallest absolute Gasteiger partial charge is 0.407 e. The van der Waals surface area contributed by atoms with Gasteiger partial charge in [0.1, 0.15) is 11.4 Å². The largest absolute Gasteiger partial charge is 0.444 e. The summed E-state index contributed by atoms with van der Waals surface area (Å²) in [5, 5.41) is 15.2. The Hall–Kier alpha value is -1.83. The number of hydrogen-bond acceptors (Lipinski definition) is 6. The van der Waals surface area contributed by atoms with Crippen LogP contribution in [0.25, 0.3) is 0 Å². The maximum Gasteiger partial charge on any atom is 0.407 e. The van der Waals surface area contributed by atoms with Crippen LogP contribution in [0.5, 0.6) is 0 Å². The SMILES string of the molecule is CC.CC(C)(C)OC(=O)NCC(O)C(=O)O/N=C(\N)C1CC1. The van der Waals surface area contributed by atoms with E-state index in [0.717, 1.165) is 12.8 Å². The Labute approximate surface area is 131 Å². The van der Waals surface area contributed by atoms with E-state index in [9.17, 15) is 14.7 Å². The summed E-state index contributed by atoms with van der Waals surface area (Å²) in [5.41, 5.74) is 4.87. The average Bonchev–Trinajstić information content (AvgIpc) is 3.26. The number of nitrogens with two attached hydrogens (primary N) is 1. The molecule has 1 aliphatic rings. The predicted octanol–water partition coefficient (Wildman–Crippen LogP) is 1.12. The molecule has 0 spiro atoms. The molecule has 0 saturated heterocycles. The zero-order valence-electron chi connectivity index (χ0n) is 13.9. The maximum absolute atomic E-state index is 11.4. The third-order valence-corrected chi connectivity index (χ3v) is 2.35. The Bertz CT molecular complexity index is 400. The molecule has 0 aromatic heterocycles. The first-order valence-corrected chi connectivity index (χ1v) is 7.38. The van der Waals surface area contributed by atoms with Crippen molar-refractivity contribution in [3.8, 4) is 0 Å². The second-order valence-electron chi connectivity index (χ2n) is 5.60. The second kappa shape index (κ2) is 9.24. The second-order valence-corrected chi connectivity index (χ2v) is 5.60. The van der Waals surface area contributed by atoms with Crippen molar-refractivity contribution < 1.29 is 24.3 Å². The van der Waals surface area contributed by atoms with Gasteiger partial charge in [0.2, 0.25) is 0 Å². The first-order valence-electron chi connectivity index (χ1n) is 7.38. The Balaban J connectivity index is 0.00000211. The number of oxime groups is 1. The third-order valence-electron chi connectivity index (χ3n) is 2.35. The highest BCUT2D eigenvalue weighted by atomic mass is 16.7. The lowest BCUT2D eigenvalue weighted by molar-refractivity contribution is -0.153. The number of alkyl carbamates (subject to hydrolysis) is 1. The van der Waals surface area contributed by atoms with Gasteiger partial charge in [0.05, 0.1) is 6.54 Å². The van der Waals surface area contributed by atoms with Crippen molar-refractivity contribution in [2.24, 2.45) is 16.8 Å². The quantitative estimate of drug-likeness (QED) is 0.302. The minimum Gasteiger partial charge on any atom is -0.444 e. The fraction of sp³-hybridized carbons (Fsp3) is 0.786.